The maximum atomic E-state index is 12.5. The number of amides is 1. The van der Waals surface area contributed by atoms with Gasteiger partial charge in [0.15, 0.2) is 0 Å². The molecule has 0 aliphatic carbocycles. The third kappa shape index (κ3) is 3.13. The zero-order valence-electron chi connectivity index (χ0n) is 12.4. The number of hydrogen-bond donors (Lipinski definition) is 1. The van der Waals surface area contributed by atoms with Gasteiger partial charge in [-0.3, -0.25) is 18.8 Å². The summed E-state index contributed by atoms with van der Waals surface area (Å²) in [7, 11) is 0. The van der Waals surface area contributed by atoms with E-state index in [1.807, 2.05) is 0 Å². The predicted octanol–water partition coefficient (Wildman–Crippen LogP) is 1.02. The van der Waals surface area contributed by atoms with E-state index in [0.717, 1.165) is 0 Å². The van der Waals surface area contributed by atoms with Gasteiger partial charge in [0.1, 0.15) is 11.2 Å². The van der Waals surface area contributed by atoms with Crippen molar-refractivity contribution in [2.75, 3.05) is 6.54 Å². The Morgan fingerprint density at radius 2 is 2.09 bits per heavy atom. The summed E-state index contributed by atoms with van der Waals surface area (Å²) in [4.78, 5) is 41.1. The molecule has 0 unspecified atom stereocenters. The van der Waals surface area contributed by atoms with Crippen molar-refractivity contribution in [3.05, 3.63) is 46.5 Å². The second-order valence-corrected chi connectivity index (χ2v) is 5.14. The first-order valence-corrected chi connectivity index (χ1v) is 6.91. The van der Waals surface area contributed by atoms with Gasteiger partial charge in [0.25, 0.3) is 11.5 Å². The Morgan fingerprint density at radius 1 is 1.36 bits per heavy atom. The molecule has 1 amide bonds. The van der Waals surface area contributed by atoms with Gasteiger partial charge in [0.05, 0.1) is 6.42 Å². The molecule has 2 aromatic heterocycles. The van der Waals surface area contributed by atoms with Gasteiger partial charge < -0.3 is 10.0 Å². The number of hydrogen-bond acceptors (Lipinski definition) is 4. The quantitative estimate of drug-likeness (QED) is 0.890. The molecule has 0 bridgehead atoms. The van der Waals surface area contributed by atoms with Crippen molar-refractivity contribution in [1.82, 2.24) is 14.3 Å². The average Bonchev–Trinajstić information content (AvgIpc) is 2.47. The minimum atomic E-state index is -0.994. The first-order valence-electron chi connectivity index (χ1n) is 6.91. The number of aromatic nitrogens is 2. The van der Waals surface area contributed by atoms with Crippen LogP contribution in [0.25, 0.3) is 5.65 Å². The van der Waals surface area contributed by atoms with E-state index >= 15 is 0 Å². The lowest BCUT2D eigenvalue weighted by molar-refractivity contribution is -0.137. The van der Waals surface area contributed by atoms with Crippen LogP contribution < -0.4 is 5.56 Å². The van der Waals surface area contributed by atoms with Crippen LogP contribution >= 0.6 is 0 Å². The van der Waals surface area contributed by atoms with E-state index in [0.29, 0.717) is 5.65 Å². The van der Waals surface area contributed by atoms with E-state index < -0.39 is 17.4 Å². The molecule has 2 rings (SSSR count). The van der Waals surface area contributed by atoms with Crippen LogP contribution in [0.2, 0.25) is 0 Å². The van der Waals surface area contributed by atoms with Gasteiger partial charge in [-0.15, -0.1) is 0 Å². The lowest BCUT2D eigenvalue weighted by atomic mass is 10.2. The van der Waals surface area contributed by atoms with E-state index in [-0.39, 0.29) is 24.6 Å². The van der Waals surface area contributed by atoms with E-state index in [9.17, 15) is 14.4 Å². The highest BCUT2D eigenvalue weighted by molar-refractivity contribution is 5.94. The predicted molar refractivity (Wildman–Crippen MR) is 79.9 cm³/mol. The average molecular weight is 303 g/mol. The molecular formula is C15H17N3O4. The van der Waals surface area contributed by atoms with Crippen LogP contribution in [0, 0.1) is 0 Å². The van der Waals surface area contributed by atoms with Crippen molar-refractivity contribution in [1.29, 1.82) is 0 Å². The van der Waals surface area contributed by atoms with Gasteiger partial charge >= 0.3 is 5.97 Å². The molecule has 0 radical (unpaired) electrons. The molecule has 0 aliphatic rings. The highest BCUT2D eigenvalue weighted by Gasteiger charge is 2.23. The summed E-state index contributed by atoms with van der Waals surface area (Å²) in [5.74, 6) is -1.50. The molecule has 7 nitrogen and oxygen atoms in total. The standard InChI is InChI=1S/C15H17N3O4/c1-10(2)17(8-6-13(19)20)14(21)11-9-16-12-5-3-4-7-18(12)15(11)22/h3-5,7,9-10H,6,8H2,1-2H3,(H,19,20). The van der Waals surface area contributed by atoms with E-state index in [4.69, 9.17) is 5.11 Å². The number of pyridine rings is 1. The number of aliphatic carboxylic acids is 1. The Hall–Kier alpha value is -2.70. The molecule has 0 aliphatic heterocycles. The van der Waals surface area contributed by atoms with Gasteiger partial charge in [-0.1, -0.05) is 6.07 Å². The van der Waals surface area contributed by atoms with Crippen LogP contribution in [0.1, 0.15) is 30.6 Å². The first-order chi connectivity index (χ1) is 10.4. The van der Waals surface area contributed by atoms with Crippen molar-refractivity contribution in [2.24, 2.45) is 0 Å². The van der Waals surface area contributed by atoms with E-state index in [1.165, 1.54) is 15.5 Å². The smallest absolute Gasteiger partial charge is 0.305 e. The summed E-state index contributed by atoms with van der Waals surface area (Å²) in [6, 6.07) is 4.87. The normalized spacial score (nSPS) is 10.9. The van der Waals surface area contributed by atoms with Crippen molar-refractivity contribution < 1.29 is 14.7 Å². The maximum Gasteiger partial charge on any atom is 0.305 e. The van der Waals surface area contributed by atoms with Gasteiger partial charge in [-0.05, 0) is 26.0 Å². The molecule has 0 fully saturated rings. The molecule has 0 aromatic carbocycles. The van der Waals surface area contributed by atoms with Crippen LogP contribution in [-0.4, -0.2) is 43.9 Å². The SMILES string of the molecule is CC(C)N(CCC(=O)O)C(=O)c1cnc2ccccn2c1=O. The molecule has 0 spiro atoms. The fraction of sp³-hybridized carbons (Fsp3) is 0.333. The Labute approximate surface area is 126 Å². The Kier molecular flexibility index (Phi) is 4.55. The molecule has 7 heteroatoms. The summed E-state index contributed by atoms with van der Waals surface area (Å²) >= 11 is 0. The first kappa shape index (κ1) is 15.7. The molecule has 116 valence electrons. The fourth-order valence-electron chi connectivity index (χ4n) is 2.14. The fourth-order valence-corrected chi connectivity index (χ4v) is 2.14. The number of fused-ring (bicyclic) bond motifs is 1. The number of nitrogens with zero attached hydrogens (tertiary/aromatic N) is 3. The topological polar surface area (TPSA) is 92.0 Å². The summed E-state index contributed by atoms with van der Waals surface area (Å²) in [5.41, 5.74) is -0.0787. The van der Waals surface area contributed by atoms with E-state index in [1.54, 1.807) is 38.2 Å². The largest absolute Gasteiger partial charge is 0.481 e. The molecule has 22 heavy (non-hydrogen) atoms. The lowest BCUT2D eigenvalue weighted by Gasteiger charge is -2.25. The summed E-state index contributed by atoms with van der Waals surface area (Å²) in [5, 5.41) is 8.78. The number of carbonyl (C=O) groups excluding carboxylic acids is 1. The van der Waals surface area contributed by atoms with Crippen LogP contribution in [-0.2, 0) is 4.79 Å². The Bertz CT molecular complexity index is 767. The van der Waals surface area contributed by atoms with Crippen LogP contribution in [0.15, 0.2) is 35.4 Å². The molecule has 0 saturated carbocycles. The Balaban J connectivity index is 2.40. The zero-order valence-corrected chi connectivity index (χ0v) is 12.4. The molecular weight excluding hydrogens is 286 g/mol. The number of carbonyl (C=O) groups is 2. The van der Waals surface area contributed by atoms with Gasteiger partial charge in [0.2, 0.25) is 0 Å². The van der Waals surface area contributed by atoms with Crippen LogP contribution in [0.4, 0.5) is 0 Å². The van der Waals surface area contributed by atoms with Gasteiger partial charge in [-0.25, -0.2) is 4.98 Å². The highest BCUT2D eigenvalue weighted by Crippen LogP contribution is 2.07. The number of rotatable bonds is 5. The van der Waals surface area contributed by atoms with Gasteiger partial charge in [-0.2, -0.15) is 0 Å². The molecule has 0 saturated heterocycles. The van der Waals surface area contributed by atoms with Crippen molar-refractivity contribution in [3.63, 3.8) is 0 Å². The number of carboxylic acids is 1. The summed E-state index contributed by atoms with van der Waals surface area (Å²) < 4.78 is 1.29. The molecule has 2 heterocycles. The second-order valence-electron chi connectivity index (χ2n) is 5.14. The Morgan fingerprint density at radius 3 is 2.73 bits per heavy atom. The second kappa shape index (κ2) is 6.38. The summed E-state index contributed by atoms with van der Waals surface area (Å²) in [6.07, 6.45) is 2.61. The van der Waals surface area contributed by atoms with Crippen LogP contribution in [0.3, 0.4) is 0 Å². The number of carboxylic acid groups (broad SMARTS) is 1. The maximum absolute atomic E-state index is 12.5. The van der Waals surface area contributed by atoms with Crippen molar-refractivity contribution >= 4 is 17.5 Å². The third-order valence-electron chi connectivity index (χ3n) is 3.29. The molecule has 2 aromatic rings. The minimum Gasteiger partial charge on any atom is -0.481 e. The van der Waals surface area contributed by atoms with Gasteiger partial charge in [0, 0.05) is 25.0 Å². The lowest BCUT2D eigenvalue weighted by Crippen LogP contribution is -2.41. The highest BCUT2D eigenvalue weighted by atomic mass is 16.4. The van der Waals surface area contributed by atoms with Crippen LogP contribution in [0.5, 0.6) is 0 Å². The van der Waals surface area contributed by atoms with Crippen molar-refractivity contribution in [3.8, 4) is 0 Å². The zero-order chi connectivity index (χ0) is 16.3. The monoisotopic (exact) mass is 303 g/mol. The van der Waals surface area contributed by atoms with E-state index in [2.05, 4.69) is 4.98 Å². The third-order valence-corrected chi connectivity index (χ3v) is 3.29. The summed E-state index contributed by atoms with van der Waals surface area (Å²) in [6.45, 7) is 3.58. The van der Waals surface area contributed by atoms with Crippen molar-refractivity contribution in [2.45, 2.75) is 26.3 Å². The molecule has 1 N–H and O–H groups in total. The minimum absolute atomic E-state index is 0.0444. The molecule has 0 atom stereocenters.